The van der Waals surface area contributed by atoms with Crippen molar-refractivity contribution < 1.29 is 9.59 Å². The highest BCUT2D eigenvalue weighted by Gasteiger charge is 2.22. The van der Waals surface area contributed by atoms with Gasteiger partial charge >= 0.3 is 0 Å². The summed E-state index contributed by atoms with van der Waals surface area (Å²) in [6.07, 6.45) is 9.77. The number of likely N-dealkylation sites (tertiary alicyclic amines) is 1. The minimum absolute atomic E-state index is 0.0584. The van der Waals surface area contributed by atoms with E-state index in [1.54, 1.807) is 12.3 Å². The average Bonchev–Trinajstić information content (AvgIpc) is 2.87. The summed E-state index contributed by atoms with van der Waals surface area (Å²) >= 11 is 0. The first-order valence-electron chi connectivity index (χ1n) is 8.93. The molecule has 0 spiro atoms. The molecule has 0 saturated carbocycles. The van der Waals surface area contributed by atoms with E-state index in [1.807, 2.05) is 35.2 Å². The number of benzene rings is 1. The Labute approximate surface area is 148 Å². The molecule has 1 aromatic rings. The molecule has 1 atom stereocenters. The number of piperidine rings is 1. The summed E-state index contributed by atoms with van der Waals surface area (Å²) in [6.45, 7) is 1.66. The smallest absolute Gasteiger partial charge is 0.247 e. The maximum absolute atomic E-state index is 12.4. The molecule has 1 saturated heterocycles. The summed E-state index contributed by atoms with van der Waals surface area (Å²) in [5, 5.41) is 2.73. The molecule has 3 N–H and O–H groups in total. The van der Waals surface area contributed by atoms with Crippen molar-refractivity contribution in [2.75, 3.05) is 13.1 Å². The van der Waals surface area contributed by atoms with Crippen LogP contribution in [0, 0.1) is 0 Å². The van der Waals surface area contributed by atoms with Gasteiger partial charge in [0.05, 0.1) is 6.04 Å². The first-order valence-corrected chi connectivity index (χ1v) is 8.93. The minimum Gasteiger partial charge on any atom is -0.341 e. The number of amides is 2. The molecule has 5 heteroatoms. The Morgan fingerprint density at radius 3 is 2.60 bits per heavy atom. The summed E-state index contributed by atoms with van der Waals surface area (Å²) in [5.41, 5.74) is 9.31. The van der Waals surface area contributed by atoms with Crippen LogP contribution in [0.1, 0.15) is 36.8 Å². The second-order valence-corrected chi connectivity index (χ2v) is 6.68. The number of allylic oxidation sites excluding steroid dienone is 2. The van der Waals surface area contributed by atoms with Gasteiger partial charge in [0.2, 0.25) is 11.8 Å². The van der Waals surface area contributed by atoms with Crippen LogP contribution >= 0.6 is 0 Å². The third-order valence-corrected chi connectivity index (χ3v) is 4.76. The van der Waals surface area contributed by atoms with E-state index in [4.69, 9.17) is 5.73 Å². The van der Waals surface area contributed by atoms with Crippen molar-refractivity contribution in [1.82, 2.24) is 10.2 Å². The molecule has 0 unspecified atom stereocenters. The standard InChI is InChI=1S/C20H25N3O2/c21-18(20(25)23-11-2-1-3-12-23)13-15-7-9-16(10-8-15)17-5-4-6-19(24)22-14-17/h4,6-10,14,18H,1-3,5,11-13,21H2,(H,22,24)/t18-/m0/s1. The highest BCUT2D eigenvalue weighted by Crippen LogP contribution is 2.20. The van der Waals surface area contributed by atoms with Crippen molar-refractivity contribution in [3.63, 3.8) is 0 Å². The van der Waals surface area contributed by atoms with E-state index in [-0.39, 0.29) is 11.8 Å². The highest BCUT2D eigenvalue weighted by molar-refractivity contribution is 5.90. The molecular weight excluding hydrogens is 314 g/mol. The fourth-order valence-electron chi connectivity index (χ4n) is 3.30. The van der Waals surface area contributed by atoms with Crippen LogP contribution in [0.25, 0.3) is 5.57 Å². The van der Waals surface area contributed by atoms with Crippen molar-refractivity contribution >= 4 is 17.4 Å². The molecule has 25 heavy (non-hydrogen) atoms. The van der Waals surface area contributed by atoms with Gasteiger partial charge in [0.1, 0.15) is 0 Å². The van der Waals surface area contributed by atoms with Gasteiger partial charge < -0.3 is 16.0 Å². The third-order valence-electron chi connectivity index (χ3n) is 4.76. The number of nitrogens with one attached hydrogen (secondary N) is 1. The van der Waals surface area contributed by atoms with E-state index < -0.39 is 6.04 Å². The molecule has 0 bridgehead atoms. The molecular formula is C20H25N3O2. The normalized spacial score (nSPS) is 19.0. The maximum atomic E-state index is 12.4. The largest absolute Gasteiger partial charge is 0.341 e. The monoisotopic (exact) mass is 339 g/mol. The second kappa shape index (κ2) is 8.12. The second-order valence-electron chi connectivity index (χ2n) is 6.68. The van der Waals surface area contributed by atoms with Crippen LogP contribution in [0.3, 0.4) is 0 Å². The van der Waals surface area contributed by atoms with E-state index in [2.05, 4.69) is 5.32 Å². The molecule has 1 fully saturated rings. The Kier molecular flexibility index (Phi) is 5.66. The molecule has 0 aromatic heterocycles. The Bertz CT molecular complexity index is 685. The minimum atomic E-state index is -0.483. The van der Waals surface area contributed by atoms with Gasteiger partial charge in [-0.3, -0.25) is 9.59 Å². The van der Waals surface area contributed by atoms with E-state index in [0.717, 1.165) is 42.6 Å². The molecule has 1 aromatic carbocycles. The lowest BCUT2D eigenvalue weighted by Gasteiger charge is -2.29. The SMILES string of the molecule is N[C@@H](Cc1ccc(C2=CNC(=O)C=CC2)cc1)C(=O)N1CCCCC1. The Morgan fingerprint density at radius 1 is 1.16 bits per heavy atom. The van der Waals surface area contributed by atoms with Crippen molar-refractivity contribution in [3.05, 3.63) is 53.7 Å². The van der Waals surface area contributed by atoms with Gasteiger partial charge in [-0.15, -0.1) is 0 Å². The molecule has 2 aliphatic heterocycles. The molecule has 2 aliphatic rings. The Hall–Kier alpha value is -2.40. The molecule has 0 aliphatic carbocycles. The lowest BCUT2D eigenvalue weighted by atomic mass is 9.99. The zero-order valence-electron chi connectivity index (χ0n) is 14.4. The van der Waals surface area contributed by atoms with Crippen LogP contribution in [0.5, 0.6) is 0 Å². The molecule has 0 radical (unpaired) electrons. The number of hydrogen-bond acceptors (Lipinski definition) is 3. The topological polar surface area (TPSA) is 75.4 Å². The number of nitrogens with two attached hydrogens (primary N) is 1. The van der Waals surface area contributed by atoms with E-state index >= 15 is 0 Å². The molecule has 5 nitrogen and oxygen atoms in total. The summed E-state index contributed by atoms with van der Waals surface area (Å²) in [7, 11) is 0. The zero-order valence-corrected chi connectivity index (χ0v) is 14.4. The lowest BCUT2D eigenvalue weighted by molar-refractivity contribution is -0.133. The first-order chi connectivity index (χ1) is 12.1. The highest BCUT2D eigenvalue weighted by atomic mass is 16.2. The third kappa shape index (κ3) is 4.57. The molecule has 3 rings (SSSR count). The van der Waals surface area contributed by atoms with Crippen LogP contribution in [0.15, 0.2) is 42.6 Å². The van der Waals surface area contributed by atoms with Gasteiger partial charge in [-0.1, -0.05) is 30.3 Å². The Balaban J connectivity index is 1.61. The fraction of sp³-hybridized carbons (Fsp3) is 0.400. The fourth-order valence-corrected chi connectivity index (χ4v) is 3.30. The van der Waals surface area contributed by atoms with Crippen LogP contribution in [-0.2, 0) is 16.0 Å². The van der Waals surface area contributed by atoms with Crippen LogP contribution in [0.2, 0.25) is 0 Å². The van der Waals surface area contributed by atoms with Crippen molar-refractivity contribution in [3.8, 4) is 0 Å². The zero-order chi connectivity index (χ0) is 17.6. The average molecular weight is 339 g/mol. The number of carbonyl (C=O) groups is 2. The number of carbonyl (C=O) groups excluding carboxylic acids is 2. The van der Waals surface area contributed by atoms with E-state index in [9.17, 15) is 9.59 Å². The van der Waals surface area contributed by atoms with Gasteiger partial charge in [0.25, 0.3) is 0 Å². The molecule has 132 valence electrons. The summed E-state index contributed by atoms with van der Waals surface area (Å²) in [4.78, 5) is 25.7. The maximum Gasteiger partial charge on any atom is 0.247 e. The van der Waals surface area contributed by atoms with Gasteiger partial charge in [-0.25, -0.2) is 0 Å². The molecule has 2 amide bonds. The quantitative estimate of drug-likeness (QED) is 0.881. The predicted molar refractivity (Wildman–Crippen MR) is 98.4 cm³/mol. The van der Waals surface area contributed by atoms with Gasteiger partial charge in [-0.05, 0) is 54.9 Å². The lowest BCUT2D eigenvalue weighted by Crippen LogP contribution is -2.46. The van der Waals surface area contributed by atoms with Crippen molar-refractivity contribution in [1.29, 1.82) is 0 Å². The van der Waals surface area contributed by atoms with Crippen molar-refractivity contribution in [2.45, 2.75) is 38.1 Å². The Morgan fingerprint density at radius 2 is 1.88 bits per heavy atom. The number of rotatable bonds is 4. The first kappa shape index (κ1) is 17.4. The van der Waals surface area contributed by atoms with Crippen LogP contribution in [-0.4, -0.2) is 35.8 Å². The van der Waals surface area contributed by atoms with Gasteiger partial charge in [0, 0.05) is 19.3 Å². The predicted octanol–water partition coefficient (Wildman–Crippen LogP) is 1.99. The number of nitrogens with zero attached hydrogens (tertiary/aromatic N) is 1. The van der Waals surface area contributed by atoms with Crippen molar-refractivity contribution in [2.24, 2.45) is 5.73 Å². The summed E-state index contributed by atoms with van der Waals surface area (Å²) in [5.74, 6) is -0.0445. The van der Waals surface area contributed by atoms with E-state index in [0.29, 0.717) is 12.8 Å². The summed E-state index contributed by atoms with van der Waals surface area (Å²) < 4.78 is 0. The molecule has 2 heterocycles. The van der Waals surface area contributed by atoms with Crippen LogP contribution < -0.4 is 11.1 Å². The van der Waals surface area contributed by atoms with Gasteiger partial charge in [-0.2, -0.15) is 0 Å². The summed E-state index contributed by atoms with van der Waals surface area (Å²) in [6, 6.07) is 7.57. The van der Waals surface area contributed by atoms with E-state index in [1.165, 1.54) is 6.42 Å². The number of hydrogen-bond donors (Lipinski definition) is 2. The van der Waals surface area contributed by atoms with Crippen LogP contribution in [0.4, 0.5) is 0 Å². The van der Waals surface area contributed by atoms with Gasteiger partial charge in [0.15, 0.2) is 0 Å².